The quantitative estimate of drug-likeness (QED) is 0.732. The van der Waals surface area contributed by atoms with Crippen molar-refractivity contribution >= 4 is 0 Å². The highest BCUT2D eigenvalue weighted by molar-refractivity contribution is 5.14. The molecule has 0 aromatic rings. The van der Waals surface area contributed by atoms with Crippen LogP contribution in [0.5, 0.6) is 0 Å². The number of fused-ring (bicyclic) bond motifs is 5. The highest BCUT2D eigenvalue weighted by atomic mass is 16.3. The van der Waals surface area contributed by atoms with E-state index in [9.17, 15) is 5.11 Å². The lowest BCUT2D eigenvalue weighted by Gasteiger charge is -2.20. The molecule has 0 saturated heterocycles. The van der Waals surface area contributed by atoms with E-state index in [4.69, 9.17) is 0 Å². The number of rotatable bonds is 3. The third kappa shape index (κ3) is 1.05. The third-order valence-electron chi connectivity index (χ3n) is 5.42. The van der Waals surface area contributed by atoms with Crippen molar-refractivity contribution in [3.63, 3.8) is 0 Å². The van der Waals surface area contributed by atoms with Gasteiger partial charge < -0.3 is 5.11 Å². The lowest BCUT2D eigenvalue weighted by molar-refractivity contribution is 0.0749. The van der Waals surface area contributed by atoms with Crippen LogP contribution in [0.15, 0.2) is 0 Å². The second kappa shape index (κ2) is 2.98. The first-order valence-electron chi connectivity index (χ1n) is 6.42. The van der Waals surface area contributed by atoms with Crippen molar-refractivity contribution in [3.8, 4) is 0 Å². The first-order valence-corrected chi connectivity index (χ1v) is 6.42. The van der Waals surface area contributed by atoms with Gasteiger partial charge >= 0.3 is 0 Å². The van der Waals surface area contributed by atoms with E-state index in [1.165, 1.54) is 19.3 Å². The van der Waals surface area contributed by atoms with Crippen LogP contribution in [0.1, 0.15) is 39.5 Å². The zero-order valence-corrected chi connectivity index (χ0v) is 9.32. The highest BCUT2D eigenvalue weighted by Crippen LogP contribution is 2.70. The first-order chi connectivity index (χ1) is 6.74. The predicted molar refractivity (Wildman–Crippen MR) is 56.8 cm³/mol. The molecule has 6 atom stereocenters. The smallest absolute Gasteiger partial charge is 0.0599 e. The fourth-order valence-corrected chi connectivity index (χ4v) is 4.47. The van der Waals surface area contributed by atoms with Crippen molar-refractivity contribution in [3.05, 3.63) is 0 Å². The molecule has 2 bridgehead atoms. The van der Waals surface area contributed by atoms with Crippen LogP contribution in [0, 0.1) is 35.5 Å². The fraction of sp³-hybridized carbons (Fsp3) is 1.00. The summed E-state index contributed by atoms with van der Waals surface area (Å²) in [7, 11) is 0. The molecule has 3 fully saturated rings. The average Bonchev–Trinajstić information content (AvgIpc) is 2.64. The molecule has 3 aliphatic rings. The summed E-state index contributed by atoms with van der Waals surface area (Å²) in [6, 6.07) is 0. The fourth-order valence-electron chi connectivity index (χ4n) is 4.47. The van der Waals surface area contributed by atoms with Crippen LogP contribution < -0.4 is 0 Å². The minimum atomic E-state index is 0.0124. The number of hydrogen-bond acceptors (Lipinski definition) is 1. The van der Waals surface area contributed by atoms with E-state index in [-0.39, 0.29) is 6.10 Å². The largest absolute Gasteiger partial charge is 0.393 e. The maximum atomic E-state index is 10.2. The summed E-state index contributed by atoms with van der Waals surface area (Å²) in [5.41, 5.74) is 0. The van der Waals surface area contributed by atoms with Gasteiger partial charge in [-0.05, 0) is 54.8 Å². The Balaban J connectivity index is 1.68. The van der Waals surface area contributed by atoms with E-state index in [2.05, 4.69) is 13.8 Å². The van der Waals surface area contributed by atoms with Crippen molar-refractivity contribution in [1.82, 2.24) is 0 Å². The minimum Gasteiger partial charge on any atom is -0.393 e. The molecular weight excluding hydrogens is 172 g/mol. The van der Waals surface area contributed by atoms with Crippen LogP contribution in [0.25, 0.3) is 0 Å². The second-order valence-electron chi connectivity index (χ2n) is 5.94. The predicted octanol–water partition coefficient (Wildman–Crippen LogP) is 2.69. The van der Waals surface area contributed by atoms with Gasteiger partial charge in [0, 0.05) is 0 Å². The van der Waals surface area contributed by atoms with Gasteiger partial charge in [-0.3, -0.25) is 0 Å². The summed E-state index contributed by atoms with van der Waals surface area (Å²) in [6.07, 6.45) is 5.58. The normalized spacial score (nSPS) is 52.9. The van der Waals surface area contributed by atoms with E-state index < -0.39 is 0 Å². The van der Waals surface area contributed by atoms with E-state index in [1.807, 2.05) is 0 Å². The maximum absolute atomic E-state index is 10.2. The summed E-state index contributed by atoms with van der Waals surface area (Å²) in [6.45, 7) is 4.40. The Morgan fingerprint density at radius 3 is 2.29 bits per heavy atom. The summed E-state index contributed by atoms with van der Waals surface area (Å²) in [5, 5.41) is 10.2. The van der Waals surface area contributed by atoms with Gasteiger partial charge in [0.15, 0.2) is 0 Å². The first kappa shape index (κ1) is 9.21. The van der Waals surface area contributed by atoms with Crippen molar-refractivity contribution in [1.29, 1.82) is 0 Å². The zero-order chi connectivity index (χ0) is 9.87. The molecule has 3 saturated carbocycles. The summed E-state index contributed by atoms with van der Waals surface area (Å²) < 4.78 is 0. The standard InChI is InChI=1S/C13H22O/c1-3-7(2)13(14)12-10-8-4-5-9(6-8)11(10)12/h7-14H,3-6H2,1-2H3. The topological polar surface area (TPSA) is 20.2 Å². The van der Waals surface area contributed by atoms with Gasteiger partial charge in [-0.2, -0.15) is 0 Å². The molecule has 1 heteroatoms. The Hall–Kier alpha value is -0.0400. The van der Waals surface area contributed by atoms with Crippen LogP contribution in [-0.2, 0) is 0 Å². The Bertz CT molecular complexity index is 221. The second-order valence-corrected chi connectivity index (χ2v) is 5.94. The number of aliphatic hydroxyl groups is 1. The van der Waals surface area contributed by atoms with E-state index in [0.717, 1.165) is 30.1 Å². The summed E-state index contributed by atoms with van der Waals surface area (Å²) in [5.74, 6) is 5.12. The van der Waals surface area contributed by atoms with Gasteiger partial charge in [0.1, 0.15) is 0 Å². The molecule has 3 rings (SSSR count). The molecule has 0 radical (unpaired) electrons. The van der Waals surface area contributed by atoms with Gasteiger partial charge in [-0.25, -0.2) is 0 Å². The molecule has 0 spiro atoms. The van der Waals surface area contributed by atoms with Crippen molar-refractivity contribution in [2.45, 2.75) is 45.6 Å². The molecule has 0 amide bonds. The molecular formula is C13H22O. The Labute approximate surface area is 86.9 Å². The Morgan fingerprint density at radius 2 is 1.79 bits per heavy atom. The molecule has 80 valence electrons. The molecule has 0 aromatic carbocycles. The average molecular weight is 194 g/mol. The summed E-state index contributed by atoms with van der Waals surface area (Å²) in [4.78, 5) is 0. The molecule has 0 aromatic heterocycles. The molecule has 0 aliphatic heterocycles. The monoisotopic (exact) mass is 194 g/mol. The van der Waals surface area contributed by atoms with Crippen LogP contribution >= 0.6 is 0 Å². The SMILES string of the molecule is CCC(C)C(O)C1C2C3CCC(C3)C21. The van der Waals surface area contributed by atoms with E-state index in [1.54, 1.807) is 0 Å². The molecule has 6 unspecified atom stereocenters. The van der Waals surface area contributed by atoms with Gasteiger partial charge in [-0.15, -0.1) is 0 Å². The molecule has 3 aliphatic carbocycles. The molecule has 14 heavy (non-hydrogen) atoms. The Kier molecular flexibility index (Phi) is 1.96. The minimum absolute atomic E-state index is 0.0124. The van der Waals surface area contributed by atoms with Gasteiger partial charge in [-0.1, -0.05) is 20.3 Å². The zero-order valence-electron chi connectivity index (χ0n) is 9.32. The number of aliphatic hydroxyl groups excluding tert-OH is 1. The van der Waals surface area contributed by atoms with Crippen LogP contribution in [0.4, 0.5) is 0 Å². The van der Waals surface area contributed by atoms with Gasteiger partial charge in [0.2, 0.25) is 0 Å². The third-order valence-corrected chi connectivity index (χ3v) is 5.42. The van der Waals surface area contributed by atoms with Crippen molar-refractivity contribution < 1.29 is 5.11 Å². The van der Waals surface area contributed by atoms with E-state index >= 15 is 0 Å². The molecule has 1 N–H and O–H groups in total. The van der Waals surface area contributed by atoms with Crippen molar-refractivity contribution in [2.75, 3.05) is 0 Å². The number of hydrogen-bond donors (Lipinski definition) is 1. The molecule has 1 nitrogen and oxygen atoms in total. The summed E-state index contributed by atoms with van der Waals surface area (Å²) >= 11 is 0. The van der Waals surface area contributed by atoms with Crippen LogP contribution in [0.3, 0.4) is 0 Å². The van der Waals surface area contributed by atoms with Crippen LogP contribution in [0.2, 0.25) is 0 Å². The van der Waals surface area contributed by atoms with Gasteiger partial charge in [0.05, 0.1) is 6.10 Å². The maximum Gasteiger partial charge on any atom is 0.0599 e. The highest BCUT2D eigenvalue weighted by Gasteiger charge is 2.66. The van der Waals surface area contributed by atoms with Crippen LogP contribution in [-0.4, -0.2) is 11.2 Å². The van der Waals surface area contributed by atoms with Gasteiger partial charge in [0.25, 0.3) is 0 Å². The lowest BCUT2D eigenvalue weighted by atomic mass is 9.91. The Morgan fingerprint density at radius 1 is 1.21 bits per heavy atom. The lowest BCUT2D eigenvalue weighted by Crippen LogP contribution is -2.23. The van der Waals surface area contributed by atoms with Crippen molar-refractivity contribution in [2.24, 2.45) is 35.5 Å². The molecule has 0 heterocycles. The van der Waals surface area contributed by atoms with E-state index in [0.29, 0.717) is 11.8 Å².